The Labute approximate surface area is 245 Å². The lowest BCUT2D eigenvalue weighted by Gasteiger charge is -2.44. The Morgan fingerprint density at radius 2 is 1.67 bits per heavy atom. The molecular weight excluding hydrogens is 590 g/mol. The van der Waals surface area contributed by atoms with Gasteiger partial charge in [-0.1, -0.05) is 11.6 Å². The SMILES string of the molecule is CC(C)Oc1cc2c(cc1N)CCN(CC(F)(F)F)C2.COc1cc2c(c(Cl)c1N)CCN(C(=O)C(F)(F)F)C2(C)C. The van der Waals surface area contributed by atoms with Crippen LogP contribution in [0.25, 0.3) is 0 Å². The number of nitrogens with zero attached hydrogens (tertiary/aromatic N) is 2. The number of fused-ring (bicyclic) bond motifs is 2. The van der Waals surface area contributed by atoms with E-state index in [-0.39, 0.29) is 42.1 Å². The lowest BCUT2D eigenvalue weighted by atomic mass is 9.82. The minimum Gasteiger partial charge on any atom is -0.495 e. The predicted molar refractivity (Wildman–Crippen MR) is 149 cm³/mol. The van der Waals surface area contributed by atoms with Gasteiger partial charge in [0.05, 0.1) is 41.7 Å². The molecular formula is C28H35ClF6N4O3. The summed E-state index contributed by atoms with van der Waals surface area (Å²) in [7, 11) is 1.39. The van der Waals surface area contributed by atoms with Gasteiger partial charge in [-0.2, -0.15) is 26.3 Å². The van der Waals surface area contributed by atoms with Crippen molar-refractivity contribution in [3.05, 3.63) is 45.5 Å². The lowest BCUT2D eigenvalue weighted by molar-refractivity contribution is -0.191. The van der Waals surface area contributed by atoms with Gasteiger partial charge in [-0.3, -0.25) is 9.69 Å². The van der Waals surface area contributed by atoms with Crippen LogP contribution in [0.5, 0.6) is 11.5 Å². The maximum Gasteiger partial charge on any atom is 0.471 e. The number of carbonyl (C=O) groups excluding carboxylic acids is 1. The van der Waals surface area contributed by atoms with Crippen LogP contribution in [-0.4, -0.2) is 60.9 Å². The number of halogens is 7. The summed E-state index contributed by atoms with van der Waals surface area (Å²) in [5, 5.41) is 0.265. The number of ether oxygens (including phenoxy) is 2. The molecule has 0 unspecified atom stereocenters. The van der Waals surface area contributed by atoms with Crippen molar-refractivity contribution in [2.75, 3.05) is 38.2 Å². The molecule has 2 aromatic carbocycles. The molecule has 7 nitrogen and oxygen atoms in total. The molecule has 0 aliphatic carbocycles. The molecule has 0 aromatic heterocycles. The molecule has 42 heavy (non-hydrogen) atoms. The van der Waals surface area contributed by atoms with E-state index in [0.717, 1.165) is 16.0 Å². The Bertz CT molecular complexity index is 1310. The highest BCUT2D eigenvalue weighted by molar-refractivity contribution is 6.34. The van der Waals surface area contributed by atoms with Gasteiger partial charge in [0.25, 0.3) is 0 Å². The van der Waals surface area contributed by atoms with Gasteiger partial charge in [-0.25, -0.2) is 0 Å². The van der Waals surface area contributed by atoms with Crippen LogP contribution in [0.15, 0.2) is 18.2 Å². The number of rotatable bonds is 4. The van der Waals surface area contributed by atoms with E-state index < -0.39 is 30.3 Å². The van der Waals surface area contributed by atoms with E-state index in [1.165, 1.54) is 12.0 Å². The molecule has 1 amide bonds. The molecule has 0 radical (unpaired) electrons. The van der Waals surface area contributed by atoms with Gasteiger partial charge < -0.3 is 25.8 Å². The first-order valence-corrected chi connectivity index (χ1v) is 13.5. The fraction of sp³-hybridized carbons (Fsp3) is 0.536. The second-order valence-corrected chi connectivity index (χ2v) is 11.4. The summed E-state index contributed by atoms with van der Waals surface area (Å²) in [6.07, 6.45) is -8.32. The van der Waals surface area contributed by atoms with Crippen molar-refractivity contribution < 1.29 is 40.6 Å². The van der Waals surface area contributed by atoms with Crippen LogP contribution in [0.4, 0.5) is 37.7 Å². The third kappa shape index (κ3) is 7.47. The molecule has 0 saturated carbocycles. The number of nitrogen functional groups attached to an aromatic ring is 2. The molecule has 0 spiro atoms. The number of amides is 1. The van der Waals surface area contributed by atoms with Gasteiger partial charge in [0.2, 0.25) is 0 Å². The zero-order valence-corrected chi connectivity index (χ0v) is 24.7. The molecule has 14 heteroatoms. The van der Waals surface area contributed by atoms with Crippen LogP contribution in [-0.2, 0) is 29.7 Å². The van der Waals surface area contributed by atoms with Gasteiger partial charge >= 0.3 is 18.3 Å². The number of methoxy groups -OCH3 is 1. The number of alkyl halides is 6. The molecule has 4 rings (SSSR count). The van der Waals surface area contributed by atoms with E-state index in [1.807, 2.05) is 19.9 Å². The van der Waals surface area contributed by atoms with E-state index in [4.69, 9.17) is 32.5 Å². The minimum absolute atomic E-state index is 0.0229. The monoisotopic (exact) mass is 624 g/mol. The molecule has 2 aliphatic rings. The van der Waals surface area contributed by atoms with Crippen molar-refractivity contribution in [3.63, 3.8) is 0 Å². The number of hydrogen-bond acceptors (Lipinski definition) is 6. The van der Waals surface area contributed by atoms with Gasteiger partial charge in [-0.15, -0.1) is 0 Å². The average Bonchev–Trinajstić information content (AvgIpc) is 2.85. The fourth-order valence-electron chi connectivity index (χ4n) is 5.21. The Morgan fingerprint density at radius 1 is 1.02 bits per heavy atom. The van der Waals surface area contributed by atoms with Gasteiger partial charge in [0.1, 0.15) is 11.5 Å². The van der Waals surface area contributed by atoms with Crippen molar-refractivity contribution >= 4 is 28.9 Å². The van der Waals surface area contributed by atoms with Crippen LogP contribution < -0.4 is 20.9 Å². The highest BCUT2D eigenvalue weighted by atomic mass is 35.5. The maximum atomic E-state index is 12.8. The summed E-state index contributed by atoms with van der Waals surface area (Å²) in [5.41, 5.74) is 14.4. The van der Waals surface area contributed by atoms with E-state index in [9.17, 15) is 31.1 Å². The van der Waals surface area contributed by atoms with Crippen LogP contribution in [0.2, 0.25) is 5.02 Å². The first-order chi connectivity index (χ1) is 19.3. The van der Waals surface area contributed by atoms with Crippen molar-refractivity contribution in [1.29, 1.82) is 0 Å². The van der Waals surface area contributed by atoms with Crippen LogP contribution in [0.1, 0.15) is 49.9 Å². The number of hydrogen-bond donors (Lipinski definition) is 2. The minimum atomic E-state index is -4.92. The number of carbonyl (C=O) groups is 1. The zero-order chi connectivity index (χ0) is 31.8. The summed E-state index contributed by atoms with van der Waals surface area (Å²) < 4.78 is 86.4. The maximum absolute atomic E-state index is 12.8. The second kappa shape index (κ2) is 12.3. The third-order valence-electron chi connectivity index (χ3n) is 7.18. The predicted octanol–water partition coefficient (Wildman–Crippen LogP) is 6.09. The molecule has 2 heterocycles. The van der Waals surface area contributed by atoms with E-state index in [1.54, 1.807) is 26.0 Å². The molecule has 0 bridgehead atoms. The van der Waals surface area contributed by atoms with Crippen LogP contribution in [0, 0.1) is 0 Å². The molecule has 4 N–H and O–H groups in total. The lowest BCUT2D eigenvalue weighted by Crippen LogP contribution is -2.54. The quantitative estimate of drug-likeness (QED) is 0.316. The van der Waals surface area contributed by atoms with Gasteiger partial charge in [0.15, 0.2) is 0 Å². The average molecular weight is 625 g/mol. The van der Waals surface area contributed by atoms with Crippen LogP contribution in [0.3, 0.4) is 0 Å². The first kappa shape index (κ1) is 33.4. The Hall–Kier alpha value is -3.06. The molecule has 2 aliphatic heterocycles. The molecule has 0 saturated heterocycles. The highest BCUT2D eigenvalue weighted by Gasteiger charge is 2.49. The molecule has 2 aromatic rings. The summed E-state index contributed by atoms with van der Waals surface area (Å²) in [6, 6.07) is 5.14. The second-order valence-electron chi connectivity index (χ2n) is 11.0. The first-order valence-electron chi connectivity index (χ1n) is 13.2. The van der Waals surface area contributed by atoms with Crippen molar-refractivity contribution in [3.8, 4) is 11.5 Å². The Morgan fingerprint density at radius 3 is 2.21 bits per heavy atom. The van der Waals surface area contributed by atoms with Gasteiger partial charge in [-0.05, 0) is 81.0 Å². The Balaban J connectivity index is 0.000000231. The topological polar surface area (TPSA) is 94.0 Å². The van der Waals surface area contributed by atoms with Gasteiger partial charge in [0, 0.05) is 19.6 Å². The fourth-order valence-corrected chi connectivity index (χ4v) is 5.50. The standard InChI is InChI=1S/C14H16ClF3N2O2.C14H19F3N2O/c1-13(2)8-6-9(22-3)11(19)10(15)7(8)4-5-20(13)12(21)14(16,17)18;1-9(2)20-13-6-11-7-19(8-14(15,16)17)4-3-10(11)5-12(13)18/h6H,4-5,19H2,1-3H3;5-6,9H,3-4,7-8,18H2,1-2H3. The van der Waals surface area contributed by atoms with E-state index in [0.29, 0.717) is 35.5 Å². The summed E-state index contributed by atoms with van der Waals surface area (Å²) in [4.78, 5) is 13.9. The number of benzene rings is 2. The van der Waals surface area contributed by atoms with E-state index in [2.05, 4.69) is 0 Å². The summed E-state index contributed by atoms with van der Waals surface area (Å²) >= 11 is 6.21. The highest BCUT2D eigenvalue weighted by Crippen LogP contribution is 2.45. The number of anilines is 2. The number of nitrogens with two attached hydrogens (primary N) is 2. The smallest absolute Gasteiger partial charge is 0.471 e. The third-order valence-corrected chi connectivity index (χ3v) is 7.61. The molecule has 234 valence electrons. The van der Waals surface area contributed by atoms with E-state index >= 15 is 0 Å². The largest absolute Gasteiger partial charge is 0.495 e. The van der Waals surface area contributed by atoms with Crippen molar-refractivity contribution in [2.45, 2.75) is 71.1 Å². The Kier molecular flexibility index (Phi) is 9.77. The van der Waals surface area contributed by atoms with Crippen molar-refractivity contribution in [2.24, 2.45) is 0 Å². The molecule has 0 fully saturated rings. The van der Waals surface area contributed by atoms with Crippen LogP contribution >= 0.6 is 11.6 Å². The summed E-state index contributed by atoms with van der Waals surface area (Å²) in [6.45, 7) is 6.58. The molecule has 0 atom stereocenters. The summed E-state index contributed by atoms with van der Waals surface area (Å²) in [5.74, 6) is -1.04. The normalized spacial score (nSPS) is 16.7. The van der Waals surface area contributed by atoms with Crippen molar-refractivity contribution in [1.82, 2.24) is 9.80 Å². The zero-order valence-electron chi connectivity index (χ0n) is 24.0.